The molecule has 0 aliphatic rings. The number of anilines is 1. The minimum atomic E-state index is -0.615. The van der Waals surface area contributed by atoms with Gasteiger partial charge in [0.05, 0.1) is 16.4 Å². The minimum Gasteiger partial charge on any atom is -0.320 e. The number of amides is 1. The smallest absolute Gasteiger partial charge is 0.294 e. The topological polar surface area (TPSA) is 116 Å². The molecule has 0 bridgehead atoms. The predicted molar refractivity (Wildman–Crippen MR) is 102 cm³/mol. The summed E-state index contributed by atoms with van der Waals surface area (Å²) in [5.41, 5.74) is 0.458. The van der Waals surface area contributed by atoms with Crippen molar-refractivity contribution in [2.24, 2.45) is 0 Å². The van der Waals surface area contributed by atoms with Crippen LogP contribution in [0, 0.1) is 10.1 Å². The molecule has 0 fully saturated rings. The van der Waals surface area contributed by atoms with Gasteiger partial charge in [0.1, 0.15) is 5.69 Å². The molecule has 9 nitrogen and oxygen atoms in total. The number of benzene rings is 2. The van der Waals surface area contributed by atoms with E-state index >= 15 is 0 Å². The average Bonchev–Trinajstić information content (AvgIpc) is 3.10. The molecule has 12 heteroatoms. The van der Waals surface area contributed by atoms with Crippen molar-refractivity contribution < 1.29 is 9.72 Å². The van der Waals surface area contributed by atoms with Gasteiger partial charge in [-0.15, -0.1) is 5.10 Å². The number of hydrogen-bond acceptors (Lipinski definition) is 7. The predicted octanol–water partition coefficient (Wildman–Crippen LogP) is 3.61. The van der Waals surface area contributed by atoms with Crippen LogP contribution in [0.25, 0.3) is 5.69 Å². The Labute approximate surface area is 166 Å². The average molecular weight is 425 g/mol. The molecule has 2 aromatic carbocycles. The van der Waals surface area contributed by atoms with Crippen molar-refractivity contribution >= 4 is 52.2 Å². The largest absolute Gasteiger partial charge is 0.320 e. The normalized spacial score (nSPS) is 10.6. The fourth-order valence-corrected chi connectivity index (χ4v) is 3.07. The number of tetrazole rings is 1. The van der Waals surface area contributed by atoms with E-state index in [1.165, 1.54) is 22.9 Å². The Morgan fingerprint density at radius 3 is 2.59 bits per heavy atom. The van der Waals surface area contributed by atoms with Crippen LogP contribution in [-0.4, -0.2) is 36.8 Å². The Balaban J connectivity index is 1.68. The molecule has 0 radical (unpaired) electrons. The van der Waals surface area contributed by atoms with Crippen molar-refractivity contribution in [2.45, 2.75) is 5.16 Å². The van der Waals surface area contributed by atoms with Gasteiger partial charge in [-0.05, 0) is 46.8 Å². The molecular formula is C15H10Cl2N6O3S. The molecule has 138 valence electrons. The quantitative estimate of drug-likeness (QED) is 0.364. The van der Waals surface area contributed by atoms with Crippen molar-refractivity contribution in [1.82, 2.24) is 20.2 Å². The summed E-state index contributed by atoms with van der Waals surface area (Å²) in [5, 5.41) is 26.1. The van der Waals surface area contributed by atoms with E-state index in [9.17, 15) is 14.9 Å². The van der Waals surface area contributed by atoms with Crippen molar-refractivity contribution in [3.05, 3.63) is 62.6 Å². The summed E-state index contributed by atoms with van der Waals surface area (Å²) in [6.45, 7) is 0. The number of nitro groups is 1. The van der Waals surface area contributed by atoms with Crippen LogP contribution in [0.5, 0.6) is 0 Å². The van der Waals surface area contributed by atoms with Gasteiger partial charge in [-0.1, -0.05) is 35.0 Å². The van der Waals surface area contributed by atoms with E-state index in [0.717, 1.165) is 11.8 Å². The van der Waals surface area contributed by atoms with Crippen LogP contribution in [0.2, 0.25) is 10.0 Å². The Hall–Kier alpha value is -2.69. The molecule has 1 amide bonds. The number of thioether (sulfide) groups is 1. The number of carbonyl (C=O) groups is 1. The lowest BCUT2D eigenvalue weighted by atomic mass is 10.2. The summed E-state index contributed by atoms with van der Waals surface area (Å²) in [6.07, 6.45) is 0. The van der Waals surface area contributed by atoms with E-state index in [2.05, 4.69) is 20.8 Å². The molecule has 3 rings (SSSR count). The first-order valence-electron chi connectivity index (χ1n) is 7.35. The summed E-state index contributed by atoms with van der Waals surface area (Å²) in [6, 6.07) is 10.9. The first kappa shape index (κ1) is 19.1. The molecule has 0 aliphatic carbocycles. The standard InChI is InChI=1S/C15H10Cl2N6O3S/c16-9-1-4-11(5-2-9)22-15(19-20-21-22)27-8-14(24)18-12-6-3-10(17)7-13(12)23(25)26/h1-7H,8H2,(H,18,24). The fourth-order valence-electron chi connectivity index (χ4n) is 2.09. The lowest BCUT2D eigenvalue weighted by molar-refractivity contribution is -0.383. The number of hydrogen-bond donors (Lipinski definition) is 1. The number of rotatable bonds is 6. The monoisotopic (exact) mass is 424 g/mol. The van der Waals surface area contributed by atoms with E-state index < -0.39 is 10.8 Å². The van der Waals surface area contributed by atoms with Crippen molar-refractivity contribution in [3.8, 4) is 5.69 Å². The highest BCUT2D eigenvalue weighted by Crippen LogP contribution is 2.28. The third-order valence-corrected chi connectivity index (χ3v) is 4.68. The Kier molecular flexibility index (Phi) is 5.89. The Morgan fingerprint density at radius 1 is 1.19 bits per heavy atom. The highest BCUT2D eigenvalue weighted by Gasteiger charge is 2.17. The number of nitrogens with zero attached hydrogens (tertiary/aromatic N) is 5. The van der Waals surface area contributed by atoms with Gasteiger partial charge in [0.2, 0.25) is 11.1 Å². The van der Waals surface area contributed by atoms with Crippen LogP contribution < -0.4 is 5.32 Å². The van der Waals surface area contributed by atoms with Gasteiger partial charge >= 0.3 is 0 Å². The van der Waals surface area contributed by atoms with Crippen LogP contribution in [0.3, 0.4) is 0 Å². The maximum Gasteiger partial charge on any atom is 0.294 e. The van der Waals surface area contributed by atoms with Gasteiger partial charge < -0.3 is 5.32 Å². The molecular weight excluding hydrogens is 415 g/mol. The number of halogens is 2. The van der Waals surface area contributed by atoms with Gasteiger partial charge in [0, 0.05) is 16.1 Å². The minimum absolute atomic E-state index is 0.0479. The van der Waals surface area contributed by atoms with Gasteiger partial charge in [0.25, 0.3) is 5.69 Å². The molecule has 0 saturated heterocycles. The SMILES string of the molecule is O=C(CSc1nnnn1-c1ccc(Cl)cc1)Nc1ccc(Cl)cc1[N+](=O)[O-]. The number of carbonyl (C=O) groups excluding carboxylic acids is 1. The van der Waals surface area contributed by atoms with E-state index in [0.29, 0.717) is 15.9 Å². The Bertz CT molecular complexity index is 995. The van der Waals surface area contributed by atoms with Gasteiger partial charge in [-0.3, -0.25) is 14.9 Å². The summed E-state index contributed by atoms with van der Waals surface area (Å²) in [7, 11) is 0. The van der Waals surface area contributed by atoms with E-state index in [1.54, 1.807) is 24.3 Å². The first-order chi connectivity index (χ1) is 12.9. The maximum atomic E-state index is 12.2. The van der Waals surface area contributed by atoms with Gasteiger partial charge in [-0.25, -0.2) is 0 Å². The van der Waals surface area contributed by atoms with Crippen LogP contribution in [0.4, 0.5) is 11.4 Å². The summed E-state index contributed by atoms with van der Waals surface area (Å²) in [4.78, 5) is 22.6. The molecule has 0 spiro atoms. The lowest BCUT2D eigenvalue weighted by Crippen LogP contribution is -2.15. The van der Waals surface area contributed by atoms with Crippen LogP contribution in [-0.2, 0) is 4.79 Å². The summed E-state index contributed by atoms with van der Waals surface area (Å²) in [5.74, 6) is -0.496. The zero-order chi connectivity index (χ0) is 19.4. The molecule has 0 unspecified atom stereocenters. The lowest BCUT2D eigenvalue weighted by Gasteiger charge is -2.07. The molecule has 0 aliphatic heterocycles. The van der Waals surface area contributed by atoms with E-state index in [1.807, 2.05) is 0 Å². The molecule has 1 heterocycles. The van der Waals surface area contributed by atoms with Crippen LogP contribution in [0.1, 0.15) is 0 Å². The highest BCUT2D eigenvalue weighted by molar-refractivity contribution is 7.99. The van der Waals surface area contributed by atoms with E-state index in [-0.39, 0.29) is 22.2 Å². The molecule has 1 aromatic heterocycles. The zero-order valence-electron chi connectivity index (χ0n) is 13.4. The molecule has 1 N–H and O–H groups in total. The fraction of sp³-hybridized carbons (Fsp3) is 0.0667. The molecule has 0 atom stereocenters. The highest BCUT2D eigenvalue weighted by atomic mass is 35.5. The number of aromatic nitrogens is 4. The first-order valence-corrected chi connectivity index (χ1v) is 9.09. The van der Waals surface area contributed by atoms with Crippen LogP contribution >= 0.6 is 35.0 Å². The third kappa shape index (κ3) is 4.73. The maximum absolute atomic E-state index is 12.2. The van der Waals surface area contributed by atoms with Crippen LogP contribution in [0.15, 0.2) is 47.6 Å². The number of nitrogens with one attached hydrogen (secondary N) is 1. The third-order valence-electron chi connectivity index (χ3n) is 3.28. The zero-order valence-corrected chi connectivity index (χ0v) is 15.7. The molecule has 3 aromatic rings. The molecule has 0 saturated carbocycles. The van der Waals surface area contributed by atoms with Gasteiger partial charge in [-0.2, -0.15) is 4.68 Å². The second-order valence-electron chi connectivity index (χ2n) is 5.11. The summed E-state index contributed by atoms with van der Waals surface area (Å²) >= 11 is 12.7. The van der Waals surface area contributed by atoms with Crippen molar-refractivity contribution in [2.75, 3.05) is 11.1 Å². The Morgan fingerprint density at radius 2 is 1.89 bits per heavy atom. The second kappa shape index (κ2) is 8.33. The van der Waals surface area contributed by atoms with Gasteiger partial charge in [0.15, 0.2) is 0 Å². The van der Waals surface area contributed by atoms with E-state index in [4.69, 9.17) is 23.2 Å². The second-order valence-corrected chi connectivity index (χ2v) is 6.92. The number of nitro benzene ring substituents is 1. The van der Waals surface area contributed by atoms with Crippen molar-refractivity contribution in [3.63, 3.8) is 0 Å². The summed E-state index contributed by atoms with van der Waals surface area (Å²) < 4.78 is 1.46. The van der Waals surface area contributed by atoms with Crippen molar-refractivity contribution in [1.29, 1.82) is 0 Å². The molecule has 27 heavy (non-hydrogen) atoms.